The first kappa shape index (κ1) is 14.2. The van der Waals surface area contributed by atoms with E-state index < -0.39 is 0 Å². The Morgan fingerprint density at radius 3 is 2.95 bits per heavy atom. The number of anilines is 1. The molecule has 0 saturated heterocycles. The van der Waals surface area contributed by atoms with Gasteiger partial charge in [0, 0.05) is 19.7 Å². The highest BCUT2D eigenvalue weighted by atomic mass is 16.5. The number of hydrogen-bond donors (Lipinski definition) is 2. The molecule has 1 aromatic carbocycles. The summed E-state index contributed by atoms with van der Waals surface area (Å²) >= 11 is 0. The Morgan fingerprint density at radius 2 is 2.30 bits per heavy atom. The number of hydrogen-bond acceptors (Lipinski definition) is 5. The van der Waals surface area contributed by atoms with Gasteiger partial charge in [-0.25, -0.2) is 4.68 Å². The number of carbonyl (C=O) groups is 1. The Morgan fingerprint density at radius 1 is 1.50 bits per heavy atom. The minimum atomic E-state index is -0.204. The fourth-order valence-corrected chi connectivity index (χ4v) is 1.86. The number of aliphatic hydroxyl groups excluding tert-OH is 1. The number of methoxy groups -OCH3 is 1. The Balaban J connectivity index is 2.40. The summed E-state index contributed by atoms with van der Waals surface area (Å²) in [6.45, 7) is 1.53. The summed E-state index contributed by atoms with van der Waals surface area (Å²) in [5.74, 6) is -0.145. The average molecular weight is 276 g/mol. The number of aliphatic hydroxyl groups is 1. The van der Waals surface area contributed by atoms with Crippen LogP contribution in [0.4, 0.5) is 5.69 Å². The van der Waals surface area contributed by atoms with Gasteiger partial charge in [0.1, 0.15) is 5.69 Å². The largest absolute Gasteiger partial charge is 0.390 e. The number of nitrogens with one attached hydrogen (secondary N) is 1. The quantitative estimate of drug-likeness (QED) is 0.845. The second-order valence-corrected chi connectivity index (χ2v) is 4.22. The van der Waals surface area contributed by atoms with Crippen molar-refractivity contribution in [2.75, 3.05) is 12.4 Å². The highest BCUT2D eigenvalue weighted by Crippen LogP contribution is 2.18. The molecule has 7 heteroatoms. The molecule has 0 aliphatic carbocycles. The minimum Gasteiger partial charge on any atom is -0.390 e. The van der Waals surface area contributed by atoms with Crippen LogP contribution in [-0.4, -0.2) is 33.1 Å². The van der Waals surface area contributed by atoms with Gasteiger partial charge in [0.2, 0.25) is 5.91 Å². The second-order valence-electron chi connectivity index (χ2n) is 4.22. The Labute approximate surface area is 116 Å². The van der Waals surface area contributed by atoms with Crippen molar-refractivity contribution in [1.29, 1.82) is 0 Å². The van der Waals surface area contributed by atoms with E-state index in [1.54, 1.807) is 30.0 Å². The van der Waals surface area contributed by atoms with Crippen LogP contribution in [0.2, 0.25) is 0 Å². The normalized spacial score (nSPS) is 10.6. The molecule has 7 nitrogen and oxygen atoms in total. The lowest BCUT2D eigenvalue weighted by Crippen LogP contribution is -2.08. The molecular formula is C13H16N4O3. The van der Waals surface area contributed by atoms with Crippen molar-refractivity contribution in [3.05, 3.63) is 35.7 Å². The standard InChI is InChI=1S/C13H16N4O3/c1-9(19)14-10-4-3-5-11(6-10)17-13(8-20-2)12(7-18)15-16-17/h3-6,18H,7-8H2,1-2H3,(H,14,19). The van der Waals surface area contributed by atoms with Crippen molar-refractivity contribution in [3.8, 4) is 5.69 Å². The Kier molecular flexibility index (Phi) is 4.44. The fourth-order valence-electron chi connectivity index (χ4n) is 1.86. The summed E-state index contributed by atoms with van der Waals surface area (Å²) in [5, 5.41) is 19.9. The van der Waals surface area contributed by atoms with Crippen LogP contribution in [-0.2, 0) is 22.7 Å². The zero-order chi connectivity index (χ0) is 14.5. The monoisotopic (exact) mass is 276 g/mol. The van der Waals surface area contributed by atoms with Crippen LogP contribution in [0.3, 0.4) is 0 Å². The van der Waals surface area contributed by atoms with E-state index in [4.69, 9.17) is 4.74 Å². The van der Waals surface area contributed by atoms with Crippen LogP contribution in [0.25, 0.3) is 5.69 Å². The number of amides is 1. The van der Waals surface area contributed by atoms with E-state index in [0.717, 1.165) is 5.69 Å². The van der Waals surface area contributed by atoms with E-state index in [9.17, 15) is 9.90 Å². The van der Waals surface area contributed by atoms with Crippen molar-refractivity contribution in [1.82, 2.24) is 15.0 Å². The lowest BCUT2D eigenvalue weighted by Gasteiger charge is -2.08. The van der Waals surface area contributed by atoms with Gasteiger partial charge in [-0.3, -0.25) is 4.79 Å². The molecule has 2 rings (SSSR count). The van der Waals surface area contributed by atoms with E-state index in [2.05, 4.69) is 15.6 Å². The molecule has 20 heavy (non-hydrogen) atoms. The zero-order valence-corrected chi connectivity index (χ0v) is 11.3. The summed E-state index contributed by atoms with van der Waals surface area (Å²) < 4.78 is 6.69. The third kappa shape index (κ3) is 3.01. The smallest absolute Gasteiger partial charge is 0.221 e. The molecule has 2 N–H and O–H groups in total. The lowest BCUT2D eigenvalue weighted by atomic mass is 10.2. The molecule has 1 heterocycles. The first-order valence-corrected chi connectivity index (χ1v) is 6.07. The van der Waals surface area contributed by atoms with Gasteiger partial charge in [-0.2, -0.15) is 0 Å². The molecule has 0 spiro atoms. The van der Waals surface area contributed by atoms with E-state index in [1.807, 2.05) is 6.07 Å². The summed E-state index contributed by atoms with van der Waals surface area (Å²) in [7, 11) is 1.56. The van der Waals surface area contributed by atoms with Gasteiger partial charge in [0.05, 0.1) is 24.6 Å². The van der Waals surface area contributed by atoms with Crippen molar-refractivity contribution < 1.29 is 14.6 Å². The highest BCUT2D eigenvalue weighted by Gasteiger charge is 2.13. The molecule has 0 atom stereocenters. The van der Waals surface area contributed by atoms with Crippen LogP contribution in [0.5, 0.6) is 0 Å². The molecule has 106 valence electrons. The maximum absolute atomic E-state index is 11.1. The van der Waals surface area contributed by atoms with E-state index in [0.29, 0.717) is 17.1 Å². The van der Waals surface area contributed by atoms with Crippen LogP contribution < -0.4 is 5.32 Å². The first-order chi connectivity index (χ1) is 9.65. The van der Waals surface area contributed by atoms with Crippen molar-refractivity contribution in [3.63, 3.8) is 0 Å². The fraction of sp³-hybridized carbons (Fsp3) is 0.308. The van der Waals surface area contributed by atoms with Gasteiger partial charge in [-0.1, -0.05) is 11.3 Å². The predicted molar refractivity (Wildman–Crippen MR) is 72.3 cm³/mol. The molecule has 0 aliphatic heterocycles. The van der Waals surface area contributed by atoms with Gasteiger partial charge >= 0.3 is 0 Å². The lowest BCUT2D eigenvalue weighted by molar-refractivity contribution is -0.114. The maximum atomic E-state index is 11.1. The number of aromatic nitrogens is 3. The third-order valence-corrected chi connectivity index (χ3v) is 2.69. The van der Waals surface area contributed by atoms with Gasteiger partial charge in [-0.15, -0.1) is 5.10 Å². The molecular weight excluding hydrogens is 260 g/mol. The van der Waals surface area contributed by atoms with Crippen LogP contribution >= 0.6 is 0 Å². The molecule has 0 unspecified atom stereocenters. The summed E-state index contributed by atoms with van der Waals surface area (Å²) in [4.78, 5) is 11.1. The molecule has 0 radical (unpaired) electrons. The van der Waals surface area contributed by atoms with E-state index >= 15 is 0 Å². The Bertz CT molecular complexity index is 609. The molecule has 2 aromatic rings. The second kappa shape index (κ2) is 6.27. The van der Waals surface area contributed by atoms with Gasteiger partial charge in [0.15, 0.2) is 0 Å². The number of carbonyl (C=O) groups excluding carboxylic acids is 1. The van der Waals surface area contributed by atoms with Crippen molar-refractivity contribution >= 4 is 11.6 Å². The van der Waals surface area contributed by atoms with Gasteiger partial charge in [-0.05, 0) is 18.2 Å². The Hall–Kier alpha value is -2.25. The minimum absolute atomic E-state index is 0.145. The SMILES string of the molecule is COCc1c(CO)nnn1-c1cccc(NC(C)=O)c1. The number of benzene rings is 1. The summed E-state index contributed by atoms with van der Waals surface area (Å²) in [6, 6.07) is 7.19. The molecule has 0 bridgehead atoms. The van der Waals surface area contributed by atoms with Crippen molar-refractivity contribution in [2.45, 2.75) is 20.1 Å². The molecule has 0 saturated carbocycles. The van der Waals surface area contributed by atoms with Gasteiger partial charge < -0.3 is 15.2 Å². The number of rotatable bonds is 5. The average Bonchev–Trinajstić information content (AvgIpc) is 2.82. The molecule has 0 fully saturated rings. The maximum Gasteiger partial charge on any atom is 0.221 e. The number of ether oxygens (including phenoxy) is 1. The van der Waals surface area contributed by atoms with E-state index in [1.165, 1.54) is 6.92 Å². The van der Waals surface area contributed by atoms with Crippen LogP contribution in [0, 0.1) is 0 Å². The number of nitrogens with zero attached hydrogens (tertiary/aromatic N) is 3. The van der Waals surface area contributed by atoms with Crippen LogP contribution in [0.15, 0.2) is 24.3 Å². The first-order valence-electron chi connectivity index (χ1n) is 6.07. The molecule has 0 aliphatic rings. The van der Waals surface area contributed by atoms with Crippen molar-refractivity contribution in [2.24, 2.45) is 0 Å². The predicted octanol–water partition coefficient (Wildman–Crippen LogP) is 0.864. The molecule has 1 aromatic heterocycles. The zero-order valence-electron chi connectivity index (χ0n) is 11.3. The highest BCUT2D eigenvalue weighted by molar-refractivity contribution is 5.88. The molecule has 1 amide bonds. The van der Waals surface area contributed by atoms with E-state index in [-0.39, 0.29) is 19.1 Å². The third-order valence-electron chi connectivity index (χ3n) is 2.69. The summed E-state index contributed by atoms with van der Waals surface area (Å²) in [5.41, 5.74) is 2.54. The summed E-state index contributed by atoms with van der Waals surface area (Å²) in [6.07, 6.45) is 0. The topological polar surface area (TPSA) is 89.3 Å². The van der Waals surface area contributed by atoms with Gasteiger partial charge in [0.25, 0.3) is 0 Å². The van der Waals surface area contributed by atoms with Crippen LogP contribution in [0.1, 0.15) is 18.3 Å².